The Kier molecular flexibility index (Phi) is 8.03. The lowest BCUT2D eigenvalue weighted by atomic mass is 10.1. The molecule has 0 radical (unpaired) electrons. The average molecular weight is 245 g/mol. The quantitative estimate of drug-likeness (QED) is 0.442. The number of rotatable bonds is 10. The van der Waals surface area contributed by atoms with Crippen LogP contribution >= 0.6 is 0 Å². The van der Waals surface area contributed by atoms with E-state index < -0.39 is 0 Å². The Hall–Kier alpha value is -1.24. The molecular formula is C17H27N. The number of hydrogen-bond donors (Lipinski definition) is 1. The first-order valence-corrected chi connectivity index (χ1v) is 7.30. The molecule has 0 atom stereocenters. The van der Waals surface area contributed by atoms with Crippen molar-refractivity contribution in [2.24, 2.45) is 0 Å². The van der Waals surface area contributed by atoms with Gasteiger partial charge in [-0.2, -0.15) is 0 Å². The summed E-state index contributed by atoms with van der Waals surface area (Å²) in [4.78, 5) is 0. The Balaban J connectivity index is 2.16. The van der Waals surface area contributed by atoms with E-state index in [1.54, 1.807) is 0 Å². The lowest BCUT2D eigenvalue weighted by molar-refractivity contribution is 0.709. The largest absolute Gasteiger partial charge is 0.385 e. The molecule has 1 nitrogen and oxygen atoms in total. The van der Waals surface area contributed by atoms with Crippen LogP contribution in [0.5, 0.6) is 0 Å². The van der Waals surface area contributed by atoms with Crippen molar-refractivity contribution in [3.8, 4) is 0 Å². The highest BCUT2D eigenvalue weighted by Gasteiger charge is 1.94. The molecular weight excluding hydrogens is 218 g/mol. The molecule has 1 aromatic rings. The van der Waals surface area contributed by atoms with Crippen LogP contribution in [0.3, 0.4) is 0 Å². The van der Waals surface area contributed by atoms with Gasteiger partial charge >= 0.3 is 0 Å². The third-order valence-corrected chi connectivity index (χ3v) is 3.19. The van der Waals surface area contributed by atoms with Crippen molar-refractivity contribution in [3.05, 3.63) is 42.5 Å². The molecule has 0 heterocycles. The second-order valence-electron chi connectivity index (χ2n) is 4.87. The van der Waals surface area contributed by atoms with Crippen LogP contribution < -0.4 is 5.32 Å². The maximum Gasteiger partial charge on any atom is 0.0340 e. The van der Waals surface area contributed by atoms with Gasteiger partial charge in [0.25, 0.3) is 0 Å². The van der Waals surface area contributed by atoms with Gasteiger partial charge in [0.15, 0.2) is 0 Å². The molecule has 0 fully saturated rings. The van der Waals surface area contributed by atoms with Gasteiger partial charge in [0.2, 0.25) is 0 Å². The molecule has 0 aliphatic carbocycles. The first-order valence-electron chi connectivity index (χ1n) is 7.30. The smallest absolute Gasteiger partial charge is 0.0340 e. The number of unbranched alkanes of at least 4 members (excludes halogenated alkanes) is 4. The topological polar surface area (TPSA) is 12.0 Å². The van der Waals surface area contributed by atoms with Crippen LogP contribution in [-0.2, 0) is 6.42 Å². The molecule has 18 heavy (non-hydrogen) atoms. The molecule has 0 saturated heterocycles. The second-order valence-corrected chi connectivity index (χ2v) is 4.87. The third-order valence-electron chi connectivity index (χ3n) is 3.19. The Labute approximate surface area is 112 Å². The zero-order chi connectivity index (χ0) is 13.1. The van der Waals surface area contributed by atoms with Gasteiger partial charge in [-0.3, -0.25) is 0 Å². The number of benzene rings is 1. The van der Waals surface area contributed by atoms with Crippen LogP contribution in [0, 0.1) is 0 Å². The van der Waals surface area contributed by atoms with Crippen molar-refractivity contribution < 1.29 is 0 Å². The molecule has 1 rings (SSSR count). The monoisotopic (exact) mass is 245 g/mol. The molecule has 100 valence electrons. The van der Waals surface area contributed by atoms with Gasteiger partial charge in [-0.1, -0.05) is 38.0 Å². The molecule has 0 bridgehead atoms. The van der Waals surface area contributed by atoms with Gasteiger partial charge in [-0.25, -0.2) is 0 Å². The van der Waals surface area contributed by atoms with E-state index in [0.29, 0.717) is 0 Å². The third kappa shape index (κ3) is 6.48. The van der Waals surface area contributed by atoms with Crippen LogP contribution in [-0.4, -0.2) is 6.54 Å². The van der Waals surface area contributed by atoms with Crippen molar-refractivity contribution in [2.45, 2.75) is 51.9 Å². The number of hydrogen-bond acceptors (Lipinski definition) is 1. The normalized spacial score (nSPS) is 10.3. The van der Waals surface area contributed by atoms with Crippen molar-refractivity contribution in [3.63, 3.8) is 0 Å². The average Bonchev–Trinajstić information content (AvgIpc) is 2.42. The Morgan fingerprint density at radius 3 is 2.50 bits per heavy atom. The van der Waals surface area contributed by atoms with Gasteiger partial charge in [0, 0.05) is 12.2 Å². The van der Waals surface area contributed by atoms with Crippen LogP contribution in [0.15, 0.2) is 36.9 Å². The molecule has 0 amide bonds. The van der Waals surface area contributed by atoms with E-state index in [1.807, 2.05) is 6.08 Å². The van der Waals surface area contributed by atoms with Crippen molar-refractivity contribution in [1.82, 2.24) is 0 Å². The zero-order valence-electron chi connectivity index (χ0n) is 11.8. The van der Waals surface area contributed by atoms with Gasteiger partial charge in [0.1, 0.15) is 0 Å². The number of nitrogens with one attached hydrogen (secondary N) is 1. The summed E-state index contributed by atoms with van der Waals surface area (Å²) in [6, 6.07) is 8.90. The van der Waals surface area contributed by atoms with E-state index in [4.69, 9.17) is 0 Å². The van der Waals surface area contributed by atoms with Crippen molar-refractivity contribution >= 4 is 5.69 Å². The molecule has 0 aromatic heterocycles. The van der Waals surface area contributed by atoms with E-state index >= 15 is 0 Å². The minimum absolute atomic E-state index is 1.07. The summed E-state index contributed by atoms with van der Waals surface area (Å²) < 4.78 is 0. The first-order chi connectivity index (χ1) is 8.86. The van der Waals surface area contributed by atoms with E-state index in [2.05, 4.69) is 43.1 Å². The van der Waals surface area contributed by atoms with Gasteiger partial charge in [-0.05, 0) is 49.8 Å². The summed E-state index contributed by atoms with van der Waals surface area (Å²) in [6.45, 7) is 7.05. The van der Waals surface area contributed by atoms with Crippen molar-refractivity contribution in [1.29, 1.82) is 0 Å². The maximum absolute atomic E-state index is 3.74. The standard InChI is InChI=1S/C17H27N/c1-3-5-7-8-9-15-18-17-13-11-16(12-14-17)10-6-4-2/h3,11-14,18H,1,4-10,15H2,2H3. The molecule has 1 N–H and O–H groups in total. The van der Waals surface area contributed by atoms with Crippen LogP contribution in [0.25, 0.3) is 0 Å². The first kappa shape index (κ1) is 14.8. The fourth-order valence-corrected chi connectivity index (χ4v) is 1.99. The summed E-state index contributed by atoms with van der Waals surface area (Å²) in [6.07, 6.45) is 10.7. The number of aryl methyl sites for hydroxylation is 1. The highest BCUT2D eigenvalue weighted by molar-refractivity contribution is 5.44. The van der Waals surface area contributed by atoms with Gasteiger partial charge < -0.3 is 5.32 Å². The van der Waals surface area contributed by atoms with Crippen LogP contribution in [0.4, 0.5) is 5.69 Å². The predicted molar refractivity (Wildman–Crippen MR) is 82.2 cm³/mol. The maximum atomic E-state index is 3.74. The highest BCUT2D eigenvalue weighted by Crippen LogP contribution is 2.12. The van der Waals surface area contributed by atoms with Crippen LogP contribution in [0.2, 0.25) is 0 Å². The summed E-state index contributed by atoms with van der Waals surface area (Å²) in [7, 11) is 0. The molecule has 0 spiro atoms. The molecule has 1 heteroatoms. The molecule has 0 saturated carbocycles. The minimum atomic E-state index is 1.07. The van der Waals surface area contributed by atoms with E-state index in [0.717, 1.165) is 13.0 Å². The number of allylic oxidation sites excluding steroid dienone is 1. The van der Waals surface area contributed by atoms with Gasteiger partial charge in [-0.15, -0.1) is 6.58 Å². The fourth-order valence-electron chi connectivity index (χ4n) is 1.99. The predicted octanol–water partition coefficient (Wildman–Crippen LogP) is 5.19. The Morgan fingerprint density at radius 2 is 1.83 bits per heavy atom. The van der Waals surface area contributed by atoms with E-state index in [9.17, 15) is 0 Å². The zero-order valence-corrected chi connectivity index (χ0v) is 11.8. The summed E-state index contributed by atoms with van der Waals surface area (Å²) in [5.74, 6) is 0. The van der Waals surface area contributed by atoms with Gasteiger partial charge in [0.05, 0.1) is 0 Å². The van der Waals surface area contributed by atoms with Crippen molar-refractivity contribution in [2.75, 3.05) is 11.9 Å². The molecule has 0 aliphatic heterocycles. The lowest BCUT2D eigenvalue weighted by Gasteiger charge is -2.07. The molecule has 1 aromatic carbocycles. The lowest BCUT2D eigenvalue weighted by Crippen LogP contribution is -2.01. The second kappa shape index (κ2) is 9.76. The minimum Gasteiger partial charge on any atom is -0.385 e. The highest BCUT2D eigenvalue weighted by atomic mass is 14.9. The number of anilines is 1. The SMILES string of the molecule is C=CCCCCCNc1ccc(CCCC)cc1. The molecule has 0 aliphatic rings. The Morgan fingerprint density at radius 1 is 1.06 bits per heavy atom. The van der Waals surface area contributed by atoms with E-state index in [-0.39, 0.29) is 0 Å². The Bertz CT molecular complexity index is 313. The molecule has 0 unspecified atom stereocenters. The summed E-state index contributed by atoms with van der Waals surface area (Å²) >= 11 is 0. The summed E-state index contributed by atoms with van der Waals surface area (Å²) in [5.41, 5.74) is 2.70. The van der Waals surface area contributed by atoms with E-state index in [1.165, 1.54) is 49.8 Å². The fraction of sp³-hybridized carbons (Fsp3) is 0.529. The summed E-state index contributed by atoms with van der Waals surface area (Å²) in [5, 5.41) is 3.48. The van der Waals surface area contributed by atoms with Crippen LogP contribution in [0.1, 0.15) is 51.0 Å².